The molecular formula is C15H12Cl2N2O2S. The molecule has 0 fully saturated rings. The minimum Gasteiger partial charge on any atom is -0.348 e. The lowest BCUT2D eigenvalue weighted by Gasteiger charge is -2.08. The van der Waals surface area contributed by atoms with Gasteiger partial charge in [-0.1, -0.05) is 35.3 Å². The van der Waals surface area contributed by atoms with Gasteiger partial charge in [0.15, 0.2) is 0 Å². The molecule has 2 N–H and O–H groups in total. The Morgan fingerprint density at radius 3 is 2.68 bits per heavy atom. The molecule has 1 aromatic heterocycles. The number of benzene rings is 1. The van der Waals surface area contributed by atoms with Crippen molar-refractivity contribution < 1.29 is 9.63 Å². The van der Waals surface area contributed by atoms with Crippen molar-refractivity contribution in [2.24, 2.45) is 0 Å². The highest BCUT2D eigenvalue weighted by atomic mass is 35.5. The summed E-state index contributed by atoms with van der Waals surface area (Å²) in [4.78, 5) is 17.9. The van der Waals surface area contributed by atoms with Crippen LogP contribution in [0.3, 0.4) is 0 Å². The highest BCUT2D eigenvalue weighted by Gasteiger charge is 2.19. The minimum absolute atomic E-state index is 0.158. The maximum Gasteiger partial charge on any atom is 0.261 e. The first-order chi connectivity index (χ1) is 10.6. The Balaban J connectivity index is 1.58. The van der Waals surface area contributed by atoms with Crippen molar-refractivity contribution in [3.63, 3.8) is 0 Å². The van der Waals surface area contributed by atoms with Gasteiger partial charge in [-0.25, -0.2) is 0 Å². The molecule has 0 radical (unpaired) electrons. The summed E-state index contributed by atoms with van der Waals surface area (Å²) >= 11 is 12.9. The van der Waals surface area contributed by atoms with Crippen molar-refractivity contribution in [2.45, 2.75) is 6.10 Å². The molecule has 1 unspecified atom stereocenters. The number of carbonyl (C=O) groups is 1. The van der Waals surface area contributed by atoms with E-state index in [4.69, 9.17) is 28.0 Å². The topological polar surface area (TPSA) is 50.4 Å². The standard InChI is InChI=1S/C15H12Cl2N2O2S/c16-10-3-1-9(2-4-10)12-7-11(21-19-12)8-18-15(20)13-5-6-14(17)22-13/h1-7,11,19H,8H2,(H,18,20). The normalized spacial score (nSPS) is 17.0. The van der Waals surface area contributed by atoms with Gasteiger partial charge in [-0.05, 0) is 35.9 Å². The summed E-state index contributed by atoms with van der Waals surface area (Å²) in [5.74, 6) is -0.158. The number of halogens is 2. The van der Waals surface area contributed by atoms with E-state index in [1.165, 1.54) is 11.3 Å². The molecule has 4 nitrogen and oxygen atoms in total. The Morgan fingerprint density at radius 2 is 2.00 bits per heavy atom. The van der Waals surface area contributed by atoms with E-state index in [0.717, 1.165) is 11.3 Å². The van der Waals surface area contributed by atoms with Gasteiger partial charge in [0.2, 0.25) is 0 Å². The van der Waals surface area contributed by atoms with Crippen LogP contribution in [0.5, 0.6) is 0 Å². The molecule has 1 aliphatic rings. The fourth-order valence-electron chi connectivity index (χ4n) is 2.00. The Hall–Kier alpha value is -1.53. The van der Waals surface area contributed by atoms with Crippen LogP contribution < -0.4 is 10.8 Å². The van der Waals surface area contributed by atoms with Gasteiger partial charge in [0.05, 0.1) is 21.5 Å². The number of thiophene rings is 1. The van der Waals surface area contributed by atoms with Crippen LogP contribution in [0.4, 0.5) is 0 Å². The molecule has 114 valence electrons. The van der Waals surface area contributed by atoms with Gasteiger partial charge in [0, 0.05) is 5.02 Å². The van der Waals surface area contributed by atoms with Gasteiger partial charge in [-0.3, -0.25) is 15.1 Å². The maximum absolute atomic E-state index is 11.9. The molecule has 22 heavy (non-hydrogen) atoms. The van der Waals surface area contributed by atoms with Crippen LogP contribution in [0.25, 0.3) is 5.70 Å². The van der Waals surface area contributed by atoms with Gasteiger partial charge in [-0.2, -0.15) is 0 Å². The van der Waals surface area contributed by atoms with Gasteiger partial charge in [-0.15, -0.1) is 11.3 Å². The molecule has 0 saturated carbocycles. The second-order valence-electron chi connectivity index (χ2n) is 4.66. The minimum atomic E-state index is -0.231. The molecule has 3 rings (SSSR count). The molecule has 1 atom stereocenters. The second kappa shape index (κ2) is 6.71. The molecule has 0 aliphatic carbocycles. The molecule has 2 aromatic rings. The van der Waals surface area contributed by atoms with E-state index in [2.05, 4.69) is 10.8 Å². The van der Waals surface area contributed by atoms with Crippen LogP contribution in [0.15, 0.2) is 42.5 Å². The van der Waals surface area contributed by atoms with Crippen molar-refractivity contribution in [3.8, 4) is 0 Å². The first-order valence-electron chi connectivity index (χ1n) is 6.55. The van der Waals surface area contributed by atoms with Crippen LogP contribution in [0.1, 0.15) is 15.2 Å². The fourth-order valence-corrected chi connectivity index (χ4v) is 3.08. The summed E-state index contributed by atoms with van der Waals surface area (Å²) in [6.07, 6.45) is 1.69. The van der Waals surface area contributed by atoms with Crippen molar-refractivity contribution in [1.82, 2.24) is 10.8 Å². The third-order valence-electron chi connectivity index (χ3n) is 3.09. The van der Waals surface area contributed by atoms with Crippen molar-refractivity contribution >= 4 is 46.1 Å². The van der Waals surface area contributed by atoms with Gasteiger partial charge < -0.3 is 5.32 Å². The SMILES string of the molecule is O=C(NCC1C=C(c2ccc(Cl)cc2)NO1)c1ccc(Cl)s1. The summed E-state index contributed by atoms with van der Waals surface area (Å²) in [6, 6.07) is 10.8. The lowest BCUT2D eigenvalue weighted by Crippen LogP contribution is -2.31. The zero-order valence-electron chi connectivity index (χ0n) is 11.3. The molecule has 0 saturated heterocycles. The van der Waals surface area contributed by atoms with Gasteiger partial charge >= 0.3 is 0 Å². The van der Waals surface area contributed by atoms with E-state index >= 15 is 0 Å². The van der Waals surface area contributed by atoms with Crippen LogP contribution in [-0.4, -0.2) is 18.6 Å². The molecule has 1 aliphatic heterocycles. The average Bonchev–Trinajstić information content (AvgIpc) is 3.15. The average molecular weight is 355 g/mol. The second-order valence-corrected chi connectivity index (χ2v) is 6.81. The summed E-state index contributed by atoms with van der Waals surface area (Å²) in [6.45, 7) is 0.373. The fraction of sp³-hybridized carbons (Fsp3) is 0.133. The Labute approximate surface area is 141 Å². The van der Waals surface area contributed by atoms with Gasteiger partial charge in [0.25, 0.3) is 5.91 Å². The number of rotatable bonds is 4. The van der Waals surface area contributed by atoms with Crippen molar-refractivity contribution in [1.29, 1.82) is 0 Å². The third-order valence-corrected chi connectivity index (χ3v) is 4.57. The number of nitrogens with one attached hydrogen (secondary N) is 2. The summed E-state index contributed by atoms with van der Waals surface area (Å²) in [7, 11) is 0. The van der Waals surface area contributed by atoms with E-state index in [1.54, 1.807) is 12.1 Å². The smallest absolute Gasteiger partial charge is 0.261 e. The number of carbonyl (C=O) groups excluding carboxylic acids is 1. The number of hydroxylamine groups is 1. The zero-order chi connectivity index (χ0) is 15.5. The quantitative estimate of drug-likeness (QED) is 0.879. The highest BCUT2D eigenvalue weighted by molar-refractivity contribution is 7.17. The summed E-state index contributed by atoms with van der Waals surface area (Å²) in [5, 5.41) is 3.50. The monoisotopic (exact) mass is 354 g/mol. The van der Waals surface area contributed by atoms with E-state index < -0.39 is 0 Å². The molecule has 0 bridgehead atoms. The Bertz CT molecular complexity index is 713. The van der Waals surface area contributed by atoms with E-state index in [1.807, 2.05) is 30.3 Å². The van der Waals surface area contributed by atoms with Crippen LogP contribution in [-0.2, 0) is 4.84 Å². The van der Waals surface area contributed by atoms with Crippen molar-refractivity contribution in [3.05, 3.63) is 62.3 Å². The first kappa shape index (κ1) is 15.4. The molecular weight excluding hydrogens is 343 g/mol. The molecule has 7 heteroatoms. The van der Waals surface area contributed by atoms with E-state index in [-0.39, 0.29) is 12.0 Å². The predicted molar refractivity (Wildman–Crippen MR) is 89.1 cm³/mol. The largest absolute Gasteiger partial charge is 0.348 e. The Kier molecular flexibility index (Phi) is 4.69. The van der Waals surface area contributed by atoms with Crippen LogP contribution >= 0.6 is 34.5 Å². The molecule has 1 amide bonds. The van der Waals surface area contributed by atoms with Gasteiger partial charge in [0.1, 0.15) is 6.10 Å². The molecule has 2 heterocycles. The van der Waals surface area contributed by atoms with Crippen LogP contribution in [0, 0.1) is 0 Å². The molecule has 1 aromatic carbocycles. The Morgan fingerprint density at radius 1 is 1.23 bits per heavy atom. The molecule has 0 spiro atoms. The van der Waals surface area contributed by atoms with Crippen LogP contribution in [0.2, 0.25) is 9.36 Å². The maximum atomic E-state index is 11.9. The number of hydrogen-bond donors (Lipinski definition) is 2. The zero-order valence-corrected chi connectivity index (χ0v) is 13.6. The van der Waals surface area contributed by atoms with Crippen molar-refractivity contribution in [2.75, 3.05) is 6.54 Å². The summed E-state index contributed by atoms with van der Waals surface area (Å²) < 4.78 is 0.592. The third kappa shape index (κ3) is 3.62. The summed E-state index contributed by atoms with van der Waals surface area (Å²) in [5.41, 5.74) is 4.69. The number of amides is 1. The van der Waals surface area contributed by atoms with E-state index in [0.29, 0.717) is 20.8 Å². The highest BCUT2D eigenvalue weighted by Crippen LogP contribution is 2.22. The lowest BCUT2D eigenvalue weighted by atomic mass is 10.1. The predicted octanol–water partition coefficient (Wildman–Crippen LogP) is 3.73. The lowest BCUT2D eigenvalue weighted by molar-refractivity contribution is 0.0499. The first-order valence-corrected chi connectivity index (χ1v) is 8.12. The number of hydrogen-bond acceptors (Lipinski definition) is 4. The van der Waals surface area contributed by atoms with E-state index in [9.17, 15) is 4.79 Å².